The van der Waals surface area contributed by atoms with Gasteiger partial charge in [0.1, 0.15) is 5.78 Å². The molecular formula is C14H17NO. The normalized spacial score (nSPS) is 10.9. The second kappa shape index (κ2) is 4.52. The number of carbonyl (C=O) groups excluding carboxylic acids is 1. The molecule has 0 saturated heterocycles. The fourth-order valence-corrected chi connectivity index (χ4v) is 1.94. The average Bonchev–Trinajstić information content (AvgIpc) is 2.68. The Hall–Kier alpha value is -1.57. The Bertz CT molecular complexity index is 510. The summed E-state index contributed by atoms with van der Waals surface area (Å²) in [6.45, 7) is 4.58. The van der Waals surface area contributed by atoms with E-state index in [1.807, 2.05) is 0 Å². The SMILES string of the molecule is CCc1ccc2c(ccn2CCC(C)=O)c1. The van der Waals surface area contributed by atoms with Crippen molar-refractivity contribution < 1.29 is 4.79 Å². The third kappa shape index (κ3) is 2.16. The van der Waals surface area contributed by atoms with Crippen LogP contribution in [0.25, 0.3) is 10.9 Å². The fourth-order valence-electron chi connectivity index (χ4n) is 1.94. The average molecular weight is 215 g/mol. The standard InChI is InChI=1S/C14H17NO/c1-3-12-4-5-14-13(10-12)7-9-15(14)8-6-11(2)16/h4-5,7,9-10H,3,6,8H2,1-2H3. The maximum atomic E-state index is 11.0. The van der Waals surface area contributed by atoms with Gasteiger partial charge in [-0.25, -0.2) is 0 Å². The highest BCUT2D eigenvalue weighted by Crippen LogP contribution is 2.18. The van der Waals surface area contributed by atoms with Crippen LogP contribution in [0.2, 0.25) is 0 Å². The van der Waals surface area contributed by atoms with E-state index in [0.29, 0.717) is 6.42 Å². The Labute approximate surface area is 95.9 Å². The van der Waals surface area contributed by atoms with Crippen LogP contribution in [-0.4, -0.2) is 10.4 Å². The summed E-state index contributed by atoms with van der Waals surface area (Å²) in [6.07, 6.45) is 3.74. The van der Waals surface area contributed by atoms with E-state index in [1.54, 1.807) is 6.92 Å². The maximum Gasteiger partial charge on any atom is 0.131 e. The van der Waals surface area contributed by atoms with Crippen LogP contribution in [-0.2, 0) is 17.8 Å². The lowest BCUT2D eigenvalue weighted by Gasteiger charge is -2.04. The van der Waals surface area contributed by atoms with Crippen molar-refractivity contribution in [3.63, 3.8) is 0 Å². The molecule has 0 saturated carbocycles. The highest BCUT2D eigenvalue weighted by Gasteiger charge is 2.02. The number of nitrogens with zero attached hydrogens (tertiary/aromatic N) is 1. The Morgan fingerprint density at radius 1 is 1.31 bits per heavy atom. The molecule has 0 fully saturated rings. The van der Waals surface area contributed by atoms with Gasteiger partial charge in [0.25, 0.3) is 0 Å². The molecule has 1 aromatic carbocycles. The van der Waals surface area contributed by atoms with E-state index in [1.165, 1.54) is 16.5 Å². The van der Waals surface area contributed by atoms with E-state index < -0.39 is 0 Å². The van der Waals surface area contributed by atoms with E-state index in [4.69, 9.17) is 0 Å². The quantitative estimate of drug-likeness (QED) is 0.767. The van der Waals surface area contributed by atoms with Gasteiger partial charge in [0.05, 0.1) is 0 Å². The molecule has 1 aromatic heterocycles. The van der Waals surface area contributed by atoms with Crippen LogP contribution < -0.4 is 0 Å². The molecule has 2 rings (SSSR count). The van der Waals surface area contributed by atoms with Crippen molar-refractivity contribution in [3.8, 4) is 0 Å². The third-order valence-electron chi connectivity index (χ3n) is 2.95. The first kappa shape index (κ1) is 10.9. The summed E-state index contributed by atoms with van der Waals surface area (Å²) in [5, 5.41) is 1.27. The molecule has 0 atom stereocenters. The minimum atomic E-state index is 0.243. The Kier molecular flexibility index (Phi) is 3.09. The molecule has 1 heterocycles. The predicted octanol–water partition coefficient (Wildman–Crippen LogP) is 3.18. The number of carbonyl (C=O) groups is 1. The molecule has 0 amide bonds. The summed E-state index contributed by atoms with van der Waals surface area (Å²) in [4.78, 5) is 11.0. The van der Waals surface area contributed by atoms with Crippen molar-refractivity contribution in [2.45, 2.75) is 33.2 Å². The number of rotatable bonds is 4. The number of benzene rings is 1. The zero-order valence-corrected chi connectivity index (χ0v) is 9.86. The van der Waals surface area contributed by atoms with Gasteiger partial charge in [-0.15, -0.1) is 0 Å². The van der Waals surface area contributed by atoms with Gasteiger partial charge >= 0.3 is 0 Å². The molecule has 0 aliphatic heterocycles. The first-order valence-electron chi connectivity index (χ1n) is 5.78. The van der Waals surface area contributed by atoms with Gasteiger partial charge in [-0.05, 0) is 42.5 Å². The van der Waals surface area contributed by atoms with Gasteiger partial charge in [-0.2, -0.15) is 0 Å². The molecular weight excluding hydrogens is 198 g/mol. The molecule has 84 valence electrons. The molecule has 2 nitrogen and oxygen atoms in total. The van der Waals surface area contributed by atoms with Crippen LogP contribution in [0.1, 0.15) is 25.8 Å². The van der Waals surface area contributed by atoms with E-state index in [2.05, 4.69) is 42.0 Å². The fraction of sp³-hybridized carbons (Fsp3) is 0.357. The lowest BCUT2D eigenvalue weighted by molar-refractivity contribution is -0.117. The van der Waals surface area contributed by atoms with E-state index in [9.17, 15) is 4.79 Å². The Morgan fingerprint density at radius 3 is 2.81 bits per heavy atom. The molecule has 0 N–H and O–H groups in total. The minimum absolute atomic E-state index is 0.243. The summed E-state index contributed by atoms with van der Waals surface area (Å²) < 4.78 is 2.15. The number of hydrogen-bond acceptors (Lipinski definition) is 1. The number of hydrogen-bond donors (Lipinski definition) is 0. The van der Waals surface area contributed by atoms with Gasteiger partial charge < -0.3 is 4.57 Å². The van der Waals surface area contributed by atoms with E-state index in [-0.39, 0.29) is 5.78 Å². The summed E-state index contributed by atoms with van der Waals surface area (Å²) in [5.41, 5.74) is 2.58. The van der Waals surface area contributed by atoms with Gasteiger partial charge in [0.2, 0.25) is 0 Å². The predicted molar refractivity (Wildman–Crippen MR) is 66.6 cm³/mol. The molecule has 2 heteroatoms. The van der Waals surface area contributed by atoms with Gasteiger partial charge in [-0.3, -0.25) is 4.79 Å². The molecule has 16 heavy (non-hydrogen) atoms. The van der Waals surface area contributed by atoms with Crippen molar-refractivity contribution in [2.24, 2.45) is 0 Å². The molecule has 0 aliphatic carbocycles. The smallest absolute Gasteiger partial charge is 0.131 e. The van der Waals surface area contributed by atoms with Crippen LogP contribution in [0.5, 0.6) is 0 Å². The molecule has 0 radical (unpaired) electrons. The Balaban J connectivity index is 2.30. The van der Waals surface area contributed by atoms with Crippen LogP contribution >= 0.6 is 0 Å². The first-order valence-corrected chi connectivity index (χ1v) is 5.78. The summed E-state index contributed by atoms with van der Waals surface area (Å²) in [5.74, 6) is 0.243. The summed E-state index contributed by atoms with van der Waals surface area (Å²) in [6, 6.07) is 8.65. The van der Waals surface area contributed by atoms with Crippen molar-refractivity contribution in [1.29, 1.82) is 0 Å². The van der Waals surface area contributed by atoms with Crippen LogP contribution in [0.15, 0.2) is 30.5 Å². The topological polar surface area (TPSA) is 22.0 Å². The lowest BCUT2D eigenvalue weighted by Crippen LogP contribution is -2.00. The zero-order valence-electron chi connectivity index (χ0n) is 9.86. The molecule has 2 aromatic rings. The van der Waals surface area contributed by atoms with Crippen molar-refractivity contribution in [3.05, 3.63) is 36.0 Å². The number of Topliss-reactive ketones (excluding diaryl/α,β-unsaturated/α-hetero) is 1. The summed E-state index contributed by atoms with van der Waals surface area (Å²) in [7, 11) is 0. The molecule has 0 bridgehead atoms. The second-order valence-electron chi connectivity index (χ2n) is 4.21. The molecule has 0 unspecified atom stereocenters. The number of fused-ring (bicyclic) bond motifs is 1. The van der Waals surface area contributed by atoms with Crippen LogP contribution in [0.3, 0.4) is 0 Å². The van der Waals surface area contributed by atoms with Crippen molar-refractivity contribution in [2.75, 3.05) is 0 Å². The molecule has 0 spiro atoms. The Morgan fingerprint density at radius 2 is 2.12 bits per heavy atom. The number of aryl methyl sites for hydroxylation is 2. The monoisotopic (exact) mass is 215 g/mol. The van der Waals surface area contributed by atoms with E-state index >= 15 is 0 Å². The van der Waals surface area contributed by atoms with Gasteiger partial charge in [-0.1, -0.05) is 13.0 Å². The second-order valence-corrected chi connectivity index (χ2v) is 4.21. The van der Waals surface area contributed by atoms with Crippen LogP contribution in [0.4, 0.5) is 0 Å². The van der Waals surface area contributed by atoms with Gasteiger partial charge in [0, 0.05) is 24.7 Å². The van der Waals surface area contributed by atoms with Crippen molar-refractivity contribution in [1.82, 2.24) is 4.57 Å². The zero-order chi connectivity index (χ0) is 11.5. The third-order valence-corrected chi connectivity index (χ3v) is 2.95. The van der Waals surface area contributed by atoms with Crippen molar-refractivity contribution >= 4 is 16.7 Å². The van der Waals surface area contributed by atoms with E-state index in [0.717, 1.165) is 13.0 Å². The lowest BCUT2D eigenvalue weighted by atomic mass is 10.1. The molecule has 0 aliphatic rings. The van der Waals surface area contributed by atoms with Gasteiger partial charge in [0.15, 0.2) is 0 Å². The summed E-state index contributed by atoms with van der Waals surface area (Å²) >= 11 is 0. The maximum absolute atomic E-state index is 11.0. The number of ketones is 1. The largest absolute Gasteiger partial charge is 0.347 e. The highest BCUT2D eigenvalue weighted by molar-refractivity contribution is 5.81. The number of aromatic nitrogens is 1. The highest BCUT2D eigenvalue weighted by atomic mass is 16.1. The van der Waals surface area contributed by atoms with Crippen LogP contribution in [0, 0.1) is 0 Å². The minimum Gasteiger partial charge on any atom is -0.347 e. The first-order chi connectivity index (χ1) is 7.70.